The molecule has 208 valence electrons. The van der Waals surface area contributed by atoms with Crippen LogP contribution in [0.1, 0.15) is 42.9 Å². The van der Waals surface area contributed by atoms with Crippen LogP contribution in [0.2, 0.25) is 0 Å². The van der Waals surface area contributed by atoms with Crippen LogP contribution in [0.25, 0.3) is 22.4 Å². The first-order chi connectivity index (χ1) is 19.8. The van der Waals surface area contributed by atoms with E-state index >= 15 is 0 Å². The van der Waals surface area contributed by atoms with E-state index in [-0.39, 0.29) is 0 Å². The summed E-state index contributed by atoms with van der Waals surface area (Å²) in [6.07, 6.45) is 12.0. The number of anilines is 1. The minimum Gasteiger partial charge on any atom is -0.368 e. The van der Waals surface area contributed by atoms with Crippen molar-refractivity contribution in [3.63, 3.8) is 0 Å². The Kier molecular flexibility index (Phi) is 7.46. The van der Waals surface area contributed by atoms with Crippen LogP contribution >= 0.6 is 0 Å². The van der Waals surface area contributed by atoms with Crippen molar-refractivity contribution in [2.45, 2.75) is 50.7 Å². The van der Waals surface area contributed by atoms with Crippen molar-refractivity contribution in [3.8, 4) is 11.4 Å². The number of aromatic nitrogens is 4. The van der Waals surface area contributed by atoms with Crippen LogP contribution in [0.3, 0.4) is 0 Å². The summed E-state index contributed by atoms with van der Waals surface area (Å²) in [5, 5.41) is 8.26. The van der Waals surface area contributed by atoms with Crippen LogP contribution in [-0.4, -0.2) is 81.2 Å². The largest absolute Gasteiger partial charge is 0.368 e. The van der Waals surface area contributed by atoms with Crippen LogP contribution in [0, 0.1) is 0 Å². The highest BCUT2D eigenvalue weighted by atomic mass is 15.2. The zero-order valence-corrected chi connectivity index (χ0v) is 23.3. The van der Waals surface area contributed by atoms with Crippen LogP contribution < -0.4 is 10.6 Å². The number of nitrogens with one attached hydrogen (secondary N) is 2. The van der Waals surface area contributed by atoms with Crippen molar-refractivity contribution in [2.75, 3.05) is 51.1 Å². The molecule has 0 spiro atoms. The van der Waals surface area contributed by atoms with Gasteiger partial charge in [0.25, 0.3) is 0 Å². The number of nitrogens with zero attached hydrogens (tertiary/aromatic N) is 6. The van der Waals surface area contributed by atoms with E-state index in [0.717, 1.165) is 86.8 Å². The van der Waals surface area contributed by atoms with Crippen LogP contribution in [0.5, 0.6) is 0 Å². The summed E-state index contributed by atoms with van der Waals surface area (Å²) in [4.78, 5) is 19.7. The molecule has 8 nitrogen and oxygen atoms in total. The molecule has 2 N–H and O–H groups in total. The summed E-state index contributed by atoms with van der Waals surface area (Å²) in [5.41, 5.74) is 5.03. The first kappa shape index (κ1) is 25.6. The van der Waals surface area contributed by atoms with E-state index in [9.17, 15) is 0 Å². The second-order valence-electron chi connectivity index (χ2n) is 11.6. The zero-order valence-electron chi connectivity index (χ0n) is 23.3. The Bertz CT molecular complexity index is 1440. The smallest absolute Gasteiger partial charge is 0.161 e. The standard InChI is InChI=1S/C32H40N8/c1-2-6-27-22-38(17-10-24(27)5-1)23-29(39-15-3-4-16-39)21-35-30-19-25(7-14-34-30)31-36-20-26-11-18-40(32(26)37-31)28-8-12-33-13-9-28/h1-2,5-7,11,14,18-20,28-29,33H,3-4,8-10,12-13,15-17,21-23H2,(H,34,35). The number of hydrogen-bond donors (Lipinski definition) is 2. The molecule has 6 heterocycles. The Morgan fingerprint density at radius 2 is 1.82 bits per heavy atom. The third-order valence-electron chi connectivity index (χ3n) is 9.03. The van der Waals surface area contributed by atoms with E-state index in [0.29, 0.717) is 12.1 Å². The average Bonchev–Trinajstić information content (AvgIpc) is 3.70. The molecule has 0 amide bonds. The van der Waals surface area contributed by atoms with E-state index in [1.807, 2.05) is 18.5 Å². The zero-order chi connectivity index (χ0) is 26.7. The third kappa shape index (κ3) is 5.48. The van der Waals surface area contributed by atoms with Gasteiger partial charge in [0.05, 0.1) is 0 Å². The highest BCUT2D eigenvalue weighted by Gasteiger charge is 2.26. The normalized spacial score (nSPS) is 19.6. The summed E-state index contributed by atoms with van der Waals surface area (Å²) in [6, 6.07) is 16.1. The fourth-order valence-corrected chi connectivity index (χ4v) is 6.77. The first-order valence-corrected chi connectivity index (χ1v) is 15.1. The molecular formula is C32H40N8. The number of fused-ring (bicyclic) bond motifs is 2. The Labute approximate surface area is 236 Å². The summed E-state index contributed by atoms with van der Waals surface area (Å²) in [6.45, 7) is 8.64. The Morgan fingerprint density at radius 1 is 0.975 bits per heavy atom. The molecule has 0 bridgehead atoms. The van der Waals surface area contributed by atoms with Crippen molar-refractivity contribution in [3.05, 3.63) is 72.2 Å². The molecule has 40 heavy (non-hydrogen) atoms. The molecule has 3 aliphatic rings. The highest BCUT2D eigenvalue weighted by molar-refractivity contribution is 5.77. The Balaban J connectivity index is 1.06. The topological polar surface area (TPSA) is 74.1 Å². The van der Waals surface area contributed by atoms with Gasteiger partial charge in [-0.25, -0.2) is 15.0 Å². The Hall–Kier alpha value is -3.33. The van der Waals surface area contributed by atoms with E-state index in [1.165, 1.54) is 37.1 Å². The van der Waals surface area contributed by atoms with E-state index in [4.69, 9.17) is 9.97 Å². The lowest BCUT2D eigenvalue weighted by atomic mass is 9.99. The van der Waals surface area contributed by atoms with Gasteiger partial charge in [0.2, 0.25) is 0 Å². The van der Waals surface area contributed by atoms with Gasteiger partial charge in [0, 0.05) is 67.8 Å². The van der Waals surface area contributed by atoms with Gasteiger partial charge < -0.3 is 15.2 Å². The second-order valence-corrected chi connectivity index (χ2v) is 11.6. The molecule has 4 aromatic rings. The van der Waals surface area contributed by atoms with Crippen molar-refractivity contribution < 1.29 is 0 Å². The van der Waals surface area contributed by atoms with Gasteiger partial charge in [-0.3, -0.25) is 9.80 Å². The molecule has 3 aromatic heterocycles. The van der Waals surface area contributed by atoms with Gasteiger partial charge in [-0.1, -0.05) is 24.3 Å². The summed E-state index contributed by atoms with van der Waals surface area (Å²) in [7, 11) is 0. The minimum absolute atomic E-state index is 0.457. The van der Waals surface area contributed by atoms with Gasteiger partial charge >= 0.3 is 0 Å². The molecule has 8 heteroatoms. The molecule has 2 fully saturated rings. The lowest BCUT2D eigenvalue weighted by Gasteiger charge is -2.35. The number of likely N-dealkylation sites (tertiary alicyclic amines) is 1. The lowest BCUT2D eigenvalue weighted by Crippen LogP contribution is -2.47. The maximum atomic E-state index is 5.04. The maximum Gasteiger partial charge on any atom is 0.161 e. The fraction of sp³-hybridized carbons (Fsp3) is 0.469. The predicted molar refractivity (Wildman–Crippen MR) is 160 cm³/mol. The maximum absolute atomic E-state index is 5.04. The first-order valence-electron chi connectivity index (χ1n) is 15.1. The molecule has 2 saturated heterocycles. The Morgan fingerprint density at radius 3 is 2.70 bits per heavy atom. The molecule has 0 radical (unpaired) electrons. The minimum atomic E-state index is 0.457. The van der Waals surface area contributed by atoms with E-state index < -0.39 is 0 Å². The summed E-state index contributed by atoms with van der Waals surface area (Å²) < 4.78 is 2.35. The highest BCUT2D eigenvalue weighted by Crippen LogP contribution is 2.27. The summed E-state index contributed by atoms with van der Waals surface area (Å²) >= 11 is 0. The lowest BCUT2D eigenvalue weighted by molar-refractivity contribution is 0.157. The molecule has 1 aromatic carbocycles. The van der Waals surface area contributed by atoms with Gasteiger partial charge in [-0.05, 0) is 87.6 Å². The van der Waals surface area contributed by atoms with Crippen LogP contribution in [0.4, 0.5) is 5.82 Å². The molecular weight excluding hydrogens is 496 g/mol. The molecule has 3 aliphatic heterocycles. The molecule has 0 saturated carbocycles. The van der Waals surface area contributed by atoms with Crippen molar-refractivity contribution in [2.24, 2.45) is 0 Å². The number of hydrogen-bond acceptors (Lipinski definition) is 7. The molecule has 7 rings (SSSR count). The van der Waals surface area contributed by atoms with Crippen LogP contribution in [-0.2, 0) is 13.0 Å². The van der Waals surface area contributed by atoms with Crippen molar-refractivity contribution in [1.82, 2.24) is 34.6 Å². The van der Waals surface area contributed by atoms with Gasteiger partial charge in [-0.15, -0.1) is 0 Å². The van der Waals surface area contributed by atoms with E-state index in [1.54, 1.807) is 0 Å². The van der Waals surface area contributed by atoms with E-state index in [2.05, 4.69) is 72.6 Å². The van der Waals surface area contributed by atoms with Crippen LogP contribution in [0.15, 0.2) is 61.1 Å². The van der Waals surface area contributed by atoms with Gasteiger partial charge in [0.1, 0.15) is 11.5 Å². The number of piperidine rings is 1. The van der Waals surface area contributed by atoms with Crippen molar-refractivity contribution >= 4 is 16.9 Å². The molecule has 0 aliphatic carbocycles. The average molecular weight is 537 g/mol. The number of pyridine rings is 1. The van der Waals surface area contributed by atoms with Gasteiger partial charge in [0.15, 0.2) is 5.82 Å². The monoisotopic (exact) mass is 536 g/mol. The van der Waals surface area contributed by atoms with Crippen molar-refractivity contribution in [1.29, 1.82) is 0 Å². The summed E-state index contributed by atoms with van der Waals surface area (Å²) in [5.74, 6) is 1.65. The molecule has 1 atom stereocenters. The number of benzene rings is 1. The SMILES string of the molecule is c1ccc2c(c1)CCN(CC(CNc1cc(-c3ncc4ccn(C5CCNCC5)c4n3)ccn1)N1CCCC1)C2. The second kappa shape index (κ2) is 11.6. The number of rotatable bonds is 8. The fourth-order valence-electron chi connectivity index (χ4n) is 6.77. The van der Waals surface area contributed by atoms with Gasteiger partial charge in [-0.2, -0.15) is 0 Å². The predicted octanol–water partition coefficient (Wildman–Crippen LogP) is 4.35. The third-order valence-corrected chi connectivity index (χ3v) is 9.03. The quantitative estimate of drug-likeness (QED) is 0.347. The molecule has 1 unspecified atom stereocenters.